The number of ether oxygens (including phenoxy) is 2. The molecular weight excluding hydrogens is 376 g/mol. The molecule has 1 aromatic rings. The fourth-order valence-electron chi connectivity index (χ4n) is 4.74. The van der Waals surface area contributed by atoms with Gasteiger partial charge in [0.1, 0.15) is 18.0 Å². The highest BCUT2D eigenvalue weighted by atomic mass is 16.5. The summed E-state index contributed by atoms with van der Waals surface area (Å²) in [4.78, 5) is 15.6. The first kappa shape index (κ1) is 23.1. The molecule has 1 saturated heterocycles. The van der Waals surface area contributed by atoms with Crippen molar-refractivity contribution < 1.29 is 14.3 Å². The van der Waals surface area contributed by atoms with E-state index in [2.05, 4.69) is 24.1 Å². The van der Waals surface area contributed by atoms with Gasteiger partial charge in [0.2, 0.25) is 0 Å². The summed E-state index contributed by atoms with van der Waals surface area (Å²) < 4.78 is 12.1. The fraction of sp³-hybridized carbons (Fsp3) is 0.720. The van der Waals surface area contributed by atoms with Crippen molar-refractivity contribution in [2.45, 2.75) is 77.2 Å². The van der Waals surface area contributed by atoms with Gasteiger partial charge in [0, 0.05) is 18.8 Å². The minimum atomic E-state index is -0.685. The Bertz CT molecular complexity index is 640. The fourth-order valence-corrected chi connectivity index (χ4v) is 4.74. The molecule has 1 aliphatic heterocycles. The molecule has 1 saturated carbocycles. The van der Waals surface area contributed by atoms with E-state index in [1.807, 2.05) is 24.3 Å². The van der Waals surface area contributed by atoms with Crippen molar-refractivity contribution in [2.24, 2.45) is 5.92 Å². The molecule has 168 valence electrons. The van der Waals surface area contributed by atoms with Crippen molar-refractivity contribution in [1.82, 2.24) is 4.90 Å². The van der Waals surface area contributed by atoms with Gasteiger partial charge < -0.3 is 14.8 Å². The number of likely N-dealkylation sites (tertiary alicyclic amines) is 1. The van der Waals surface area contributed by atoms with Crippen LogP contribution in [0.25, 0.3) is 0 Å². The SMILES string of the molecule is CCCO[C@]1(C(=O)Nc2ccc(OCCN3CCCCCC3)cc2)CCC[C@@H](C)C1. The van der Waals surface area contributed by atoms with Crippen molar-refractivity contribution >= 4 is 11.6 Å². The number of nitrogens with zero attached hydrogens (tertiary/aromatic N) is 1. The Morgan fingerprint density at radius 3 is 2.50 bits per heavy atom. The quantitative estimate of drug-likeness (QED) is 0.597. The maximum Gasteiger partial charge on any atom is 0.256 e. The molecule has 0 radical (unpaired) electrons. The van der Waals surface area contributed by atoms with Gasteiger partial charge in [0.15, 0.2) is 0 Å². The Kier molecular flexibility index (Phi) is 9.01. The lowest BCUT2D eigenvalue weighted by Gasteiger charge is -2.38. The lowest BCUT2D eigenvalue weighted by atomic mass is 9.78. The summed E-state index contributed by atoms with van der Waals surface area (Å²) in [6.07, 6.45) is 10.1. The number of hydrogen-bond acceptors (Lipinski definition) is 4. The molecule has 2 atom stereocenters. The summed E-state index contributed by atoms with van der Waals surface area (Å²) in [7, 11) is 0. The van der Waals surface area contributed by atoms with Crippen molar-refractivity contribution in [1.29, 1.82) is 0 Å². The number of hydrogen-bond donors (Lipinski definition) is 1. The van der Waals surface area contributed by atoms with Crippen LogP contribution in [0.2, 0.25) is 0 Å². The highest BCUT2D eigenvalue weighted by Gasteiger charge is 2.42. The molecule has 1 aliphatic carbocycles. The van der Waals surface area contributed by atoms with Gasteiger partial charge in [-0.05, 0) is 81.8 Å². The van der Waals surface area contributed by atoms with E-state index >= 15 is 0 Å². The normalized spacial score (nSPS) is 25.5. The van der Waals surface area contributed by atoms with Crippen LogP contribution >= 0.6 is 0 Å². The largest absolute Gasteiger partial charge is 0.492 e. The number of benzene rings is 1. The first-order valence-electron chi connectivity index (χ1n) is 12.0. The number of carbonyl (C=O) groups excluding carboxylic acids is 1. The van der Waals surface area contributed by atoms with E-state index in [1.165, 1.54) is 45.2 Å². The van der Waals surface area contributed by atoms with Crippen LogP contribution in [0.3, 0.4) is 0 Å². The Labute approximate surface area is 182 Å². The number of nitrogens with one attached hydrogen (secondary N) is 1. The summed E-state index contributed by atoms with van der Waals surface area (Å²) in [6.45, 7) is 9.00. The summed E-state index contributed by atoms with van der Waals surface area (Å²) >= 11 is 0. The van der Waals surface area contributed by atoms with E-state index < -0.39 is 5.60 Å². The molecule has 0 spiro atoms. The highest BCUT2D eigenvalue weighted by molar-refractivity contribution is 5.97. The molecule has 1 amide bonds. The molecule has 3 rings (SSSR count). The van der Waals surface area contributed by atoms with Gasteiger partial charge in [0.25, 0.3) is 5.91 Å². The van der Waals surface area contributed by atoms with Gasteiger partial charge in [-0.1, -0.05) is 33.1 Å². The smallest absolute Gasteiger partial charge is 0.256 e. The molecule has 2 aliphatic rings. The van der Waals surface area contributed by atoms with Crippen LogP contribution in [-0.4, -0.2) is 49.3 Å². The van der Waals surface area contributed by atoms with Crippen molar-refractivity contribution in [3.05, 3.63) is 24.3 Å². The van der Waals surface area contributed by atoms with Gasteiger partial charge in [-0.3, -0.25) is 9.69 Å². The lowest BCUT2D eigenvalue weighted by Crippen LogP contribution is -2.48. The average molecular weight is 417 g/mol. The van der Waals surface area contributed by atoms with Gasteiger partial charge in [-0.15, -0.1) is 0 Å². The Morgan fingerprint density at radius 1 is 1.10 bits per heavy atom. The number of carbonyl (C=O) groups is 1. The Hall–Kier alpha value is -1.59. The Balaban J connectivity index is 1.50. The van der Waals surface area contributed by atoms with Crippen LogP contribution in [0.1, 0.15) is 71.6 Å². The average Bonchev–Trinajstić information content (AvgIpc) is 3.02. The van der Waals surface area contributed by atoms with Crippen LogP contribution in [0.15, 0.2) is 24.3 Å². The minimum absolute atomic E-state index is 0.00247. The molecule has 30 heavy (non-hydrogen) atoms. The van der Waals surface area contributed by atoms with Crippen molar-refractivity contribution in [2.75, 3.05) is 38.2 Å². The third kappa shape index (κ3) is 6.71. The molecule has 1 aromatic carbocycles. The van der Waals surface area contributed by atoms with Crippen molar-refractivity contribution in [3.63, 3.8) is 0 Å². The van der Waals surface area contributed by atoms with Crippen LogP contribution in [0.4, 0.5) is 5.69 Å². The van der Waals surface area contributed by atoms with E-state index in [1.54, 1.807) is 0 Å². The molecule has 0 aromatic heterocycles. The maximum atomic E-state index is 13.1. The first-order chi connectivity index (χ1) is 14.6. The van der Waals surface area contributed by atoms with Crippen molar-refractivity contribution in [3.8, 4) is 5.75 Å². The molecule has 1 N–H and O–H groups in total. The lowest BCUT2D eigenvalue weighted by molar-refractivity contribution is -0.148. The van der Waals surface area contributed by atoms with E-state index in [0.29, 0.717) is 19.1 Å². The maximum absolute atomic E-state index is 13.1. The predicted octanol–water partition coefficient (Wildman–Crippen LogP) is 5.26. The highest BCUT2D eigenvalue weighted by Crippen LogP contribution is 2.36. The predicted molar refractivity (Wildman–Crippen MR) is 122 cm³/mol. The Morgan fingerprint density at radius 2 is 1.83 bits per heavy atom. The molecule has 0 unspecified atom stereocenters. The zero-order valence-corrected chi connectivity index (χ0v) is 19.0. The zero-order valence-electron chi connectivity index (χ0n) is 19.0. The van der Waals surface area contributed by atoms with Gasteiger partial charge in [-0.2, -0.15) is 0 Å². The number of amides is 1. The number of anilines is 1. The third-order valence-corrected chi connectivity index (χ3v) is 6.44. The van der Waals surface area contributed by atoms with Gasteiger partial charge in [0.05, 0.1) is 0 Å². The van der Waals surface area contributed by atoms with E-state index in [4.69, 9.17) is 9.47 Å². The van der Waals surface area contributed by atoms with E-state index in [0.717, 1.165) is 43.7 Å². The molecular formula is C25H40N2O3. The second kappa shape index (κ2) is 11.7. The van der Waals surface area contributed by atoms with Gasteiger partial charge in [-0.25, -0.2) is 0 Å². The third-order valence-electron chi connectivity index (χ3n) is 6.44. The summed E-state index contributed by atoms with van der Waals surface area (Å²) in [5.41, 5.74) is 0.119. The second-order valence-corrected chi connectivity index (χ2v) is 9.13. The monoisotopic (exact) mass is 416 g/mol. The van der Waals surface area contributed by atoms with Crippen LogP contribution in [0, 0.1) is 5.92 Å². The summed E-state index contributed by atoms with van der Waals surface area (Å²) in [5.74, 6) is 1.37. The molecule has 2 fully saturated rings. The second-order valence-electron chi connectivity index (χ2n) is 9.13. The van der Waals surface area contributed by atoms with E-state index in [9.17, 15) is 4.79 Å². The topological polar surface area (TPSA) is 50.8 Å². The van der Waals surface area contributed by atoms with E-state index in [-0.39, 0.29) is 5.91 Å². The van der Waals surface area contributed by atoms with Crippen LogP contribution in [-0.2, 0) is 9.53 Å². The standard InChI is InChI=1S/C25H40N2O3/c1-3-18-30-25(14-8-9-21(2)20-25)24(28)26-22-10-12-23(13-11-22)29-19-17-27-15-6-4-5-7-16-27/h10-13,21H,3-9,14-20H2,1-2H3,(H,26,28)/t21-,25-/m1/s1. The summed E-state index contributed by atoms with van der Waals surface area (Å²) in [6, 6.07) is 7.75. The molecule has 5 nitrogen and oxygen atoms in total. The minimum Gasteiger partial charge on any atom is -0.492 e. The molecule has 5 heteroatoms. The number of rotatable bonds is 9. The summed E-state index contributed by atoms with van der Waals surface area (Å²) in [5, 5.41) is 3.10. The van der Waals surface area contributed by atoms with Crippen LogP contribution < -0.4 is 10.1 Å². The molecule has 1 heterocycles. The first-order valence-corrected chi connectivity index (χ1v) is 12.0. The van der Waals surface area contributed by atoms with Gasteiger partial charge >= 0.3 is 0 Å². The molecule has 0 bridgehead atoms. The van der Waals surface area contributed by atoms with Crippen LogP contribution in [0.5, 0.6) is 5.75 Å². The zero-order chi connectivity index (χ0) is 21.2.